The van der Waals surface area contributed by atoms with Gasteiger partial charge < -0.3 is 0 Å². The quantitative estimate of drug-likeness (QED) is 0.371. The Kier molecular flexibility index (Phi) is 6.54. The van der Waals surface area contributed by atoms with E-state index in [2.05, 4.69) is 113 Å². The van der Waals surface area contributed by atoms with Gasteiger partial charge in [-0.05, 0) is 0 Å². The summed E-state index contributed by atoms with van der Waals surface area (Å²) in [6.45, 7) is 9.47. The van der Waals surface area contributed by atoms with Crippen LogP contribution in [0.25, 0.3) is 0 Å². The number of hydrogen-bond acceptors (Lipinski definition) is 0. The molecule has 23 heavy (non-hydrogen) atoms. The van der Waals surface area contributed by atoms with Gasteiger partial charge in [-0.25, -0.2) is 0 Å². The Balaban J connectivity index is 2.16. The Bertz CT molecular complexity index is 563. The molecular weight excluding hydrogens is 491 g/mol. The Morgan fingerprint density at radius 1 is 0.652 bits per heavy atom. The van der Waals surface area contributed by atoms with Gasteiger partial charge in [0.05, 0.1) is 0 Å². The third-order valence-electron chi connectivity index (χ3n) is 4.51. The summed E-state index contributed by atoms with van der Waals surface area (Å²) in [5.41, 5.74) is 3.24. The first kappa shape index (κ1) is 19.6. The van der Waals surface area contributed by atoms with Gasteiger partial charge in [-0.3, -0.25) is 0 Å². The Labute approximate surface area is 157 Å². The molecule has 0 N–H and O–H groups in total. The fourth-order valence-electron chi connectivity index (χ4n) is 3.34. The summed E-state index contributed by atoms with van der Waals surface area (Å²) in [6, 6.07) is 21.8. The van der Waals surface area contributed by atoms with E-state index in [1.165, 1.54) is 19.4 Å². The molecule has 2 rings (SSSR count). The molecule has 0 aliphatic heterocycles. The summed E-state index contributed by atoms with van der Waals surface area (Å²) in [7, 11) is 0. The van der Waals surface area contributed by atoms with Gasteiger partial charge in [0.15, 0.2) is 0 Å². The first-order chi connectivity index (χ1) is 10.6. The molecule has 0 aromatic heterocycles. The fraction of sp³-hybridized carbons (Fsp3) is 0.400. The van der Waals surface area contributed by atoms with Gasteiger partial charge in [0.25, 0.3) is 0 Å². The topological polar surface area (TPSA) is 0 Å². The summed E-state index contributed by atoms with van der Waals surface area (Å²) in [4.78, 5) is 0. The van der Waals surface area contributed by atoms with Crippen LogP contribution in [0, 0.1) is 0 Å². The summed E-state index contributed by atoms with van der Waals surface area (Å²) in [5.74, 6) is 0. The van der Waals surface area contributed by atoms with Crippen molar-refractivity contribution in [1.82, 2.24) is 0 Å². The van der Waals surface area contributed by atoms with E-state index < -0.39 is 15.6 Å². The third-order valence-corrected chi connectivity index (χ3v) is 18.0. The predicted octanol–water partition coefficient (Wildman–Crippen LogP) is 7.55. The molecule has 0 aliphatic rings. The van der Waals surface area contributed by atoms with Crippen molar-refractivity contribution in [2.24, 2.45) is 0 Å². The van der Waals surface area contributed by atoms with Crippen molar-refractivity contribution in [2.45, 2.75) is 46.8 Å². The maximum atomic E-state index is 4.17. The molecule has 0 atom stereocenters. The van der Waals surface area contributed by atoms with Crippen molar-refractivity contribution < 1.29 is 15.6 Å². The van der Waals surface area contributed by atoms with E-state index in [1.54, 1.807) is 0 Å². The van der Waals surface area contributed by atoms with Gasteiger partial charge in [-0.2, -0.15) is 0 Å². The number of halogens is 2. The third kappa shape index (κ3) is 5.65. The van der Waals surface area contributed by atoms with Crippen LogP contribution in [0.4, 0.5) is 0 Å². The molecule has 124 valence electrons. The second-order valence-electron chi connectivity index (χ2n) is 7.71. The zero-order valence-corrected chi connectivity index (χ0v) is 20.1. The van der Waals surface area contributed by atoms with Crippen LogP contribution in [0.2, 0.25) is 8.26 Å². The van der Waals surface area contributed by atoms with Crippen LogP contribution in [-0.4, -0.2) is 0 Å². The molecule has 0 saturated carbocycles. The average molecular weight is 517 g/mol. The van der Waals surface area contributed by atoms with Gasteiger partial charge in [0.1, 0.15) is 0 Å². The second kappa shape index (κ2) is 7.67. The Morgan fingerprint density at radius 2 is 0.957 bits per heavy atom. The van der Waals surface area contributed by atoms with Crippen LogP contribution in [0.15, 0.2) is 60.7 Å². The van der Waals surface area contributed by atoms with Crippen LogP contribution >= 0.6 is 24.4 Å². The van der Waals surface area contributed by atoms with Crippen LogP contribution in [0.5, 0.6) is 0 Å². The molecule has 2 aromatic carbocycles. The van der Waals surface area contributed by atoms with Gasteiger partial charge in [0.2, 0.25) is 0 Å². The van der Waals surface area contributed by atoms with Crippen LogP contribution in [-0.2, 0) is 26.4 Å². The van der Waals surface area contributed by atoms with Crippen molar-refractivity contribution in [3.63, 3.8) is 0 Å². The van der Waals surface area contributed by atoms with E-state index in [-0.39, 0.29) is 10.8 Å². The number of rotatable bonds is 6. The Hall–Kier alpha value is 0.283. The molecule has 0 bridgehead atoms. The zero-order valence-electron chi connectivity index (χ0n) is 14.4. The van der Waals surface area contributed by atoms with Crippen molar-refractivity contribution in [3.05, 3.63) is 71.8 Å². The number of benzene rings is 2. The molecule has 0 saturated heterocycles. The molecular formula is C20H26Br2Zr. The molecule has 0 nitrogen and oxygen atoms in total. The van der Waals surface area contributed by atoms with E-state index >= 15 is 0 Å². The first-order valence-corrected chi connectivity index (χ1v) is 22.8. The SMILES string of the molecule is CC(C)([CH2][Zr]([Br])([Br])[CH2]C(C)(C)c1ccccc1)c1ccccc1. The first-order valence-electron chi connectivity index (χ1n) is 8.11. The Morgan fingerprint density at radius 3 is 1.26 bits per heavy atom. The van der Waals surface area contributed by atoms with E-state index in [0.29, 0.717) is 0 Å². The van der Waals surface area contributed by atoms with Gasteiger partial charge in [-0.1, -0.05) is 0 Å². The number of hydrogen-bond donors (Lipinski definition) is 0. The predicted molar refractivity (Wildman–Crippen MR) is 106 cm³/mol. The minimum atomic E-state index is -2.54. The minimum absolute atomic E-state index is 0.192. The summed E-state index contributed by atoms with van der Waals surface area (Å²) in [6.07, 6.45) is 0. The molecule has 0 heterocycles. The van der Waals surface area contributed by atoms with Crippen molar-refractivity contribution in [2.75, 3.05) is 0 Å². The van der Waals surface area contributed by atoms with Crippen LogP contribution in [0.3, 0.4) is 0 Å². The summed E-state index contributed by atoms with van der Waals surface area (Å²) < 4.78 is 2.45. The van der Waals surface area contributed by atoms with Crippen LogP contribution < -0.4 is 0 Å². The molecule has 0 unspecified atom stereocenters. The average Bonchev–Trinajstić information content (AvgIpc) is 2.47. The van der Waals surface area contributed by atoms with Crippen molar-refractivity contribution in [3.8, 4) is 0 Å². The van der Waals surface area contributed by atoms with Gasteiger partial charge in [0, 0.05) is 0 Å². The fourth-order valence-corrected chi connectivity index (χ4v) is 27.6. The monoisotopic (exact) mass is 514 g/mol. The van der Waals surface area contributed by atoms with Gasteiger partial charge in [-0.15, -0.1) is 0 Å². The molecule has 0 fully saturated rings. The van der Waals surface area contributed by atoms with E-state index in [0.717, 1.165) is 0 Å². The van der Waals surface area contributed by atoms with Crippen molar-refractivity contribution in [1.29, 1.82) is 0 Å². The normalized spacial score (nSPS) is 13.1. The zero-order chi connectivity index (χ0) is 17.1. The molecule has 0 spiro atoms. The maximum absolute atomic E-state index is 4.17. The second-order valence-corrected chi connectivity index (χ2v) is 37.9. The molecule has 3 heteroatoms. The van der Waals surface area contributed by atoms with E-state index in [4.69, 9.17) is 0 Å². The standard InChI is InChI=1S/2C10H13.2BrH.Zr/c2*1-10(2,3)9-7-5-4-6-8-9;;;/h2*4-8H,1H2,2-3H3;2*1H;/q;;;;+2/p-2. The summed E-state index contributed by atoms with van der Waals surface area (Å²) >= 11 is 5.81. The molecule has 2 aromatic rings. The molecule has 0 amide bonds. The molecule has 0 aliphatic carbocycles. The summed E-state index contributed by atoms with van der Waals surface area (Å²) in [5, 5.41) is 0. The molecule has 0 radical (unpaired) electrons. The van der Waals surface area contributed by atoms with E-state index in [9.17, 15) is 0 Å². The van der Waals surface area contributed by atoms with Crippen molar-refractivity contribution >= 4 is 24.4 Å². The van der Waals surface area contributed by atoms with E-state index in [1.807, 2.05) is 0 Å². The van der Waals surface area contributed by atoms with Crippen LogP contribution in [0.1, 0.15) is 38.8 Å². The van der Waals surface area contributed by atoms with Gasteiger partial charge >= 0.3 is 159 Å².